The fraction of sp³-hybridized carbons (Fsp3) is 0.167. The number of anilines is 4. The van der Waals surface area contributed by atoms with Crippen LogP contribution in [0.2, 0.25) is 0 Å². The molecule has 1 heterocycles. The van der Waals surface area contributed by atoms with Crippen LogP contribution in [0.15, 0.2) is 48.5 Å². The van der Waals surface area contributed by atoms with Gasteiger partial charge in [0.2, 0.25) is 11.9 Å². The fourth-order valence-corrected chi connectivity index (χ4v) is 2.42. The molecule has 3 aromatic rings. The Labute approximate surface area is 145 Å². The lowest BCUT2D eigenvalue weighted by atomic mass is 10.1. The molecule has 0 amide bonds. The Morgan fingerprint density at radius 2 is 1.88 bits per heavy atom. The van der Waals surface area contributed by atoms with E-state index in [9.17, 15) is 4.39 Å². The first-order valence-electron chi connectivity index (χ1n) is 7.99. The van der Waals surface area contributed by atoms with Crippen molar-refractivity contribution >= 4 is 23.3 Å². The summed E-state index contributed by atoms with van der Waals surface area (Å²) in [5, 5.41) is 6.25. The van der Waals surface area contributed by atoms with Crippen molar-refractivity contribution in [3.63, 3.8) is 0 Å². The maximum absolute atomic E-state index is 13.2. The van der Waals surface area contributed by atoms with E-state index in [4.69, 9.17) is 5.73 Å². The molecule has 6 nitrogen and oxygen atoms in total. The maximum atomic E-state index is 13.2. The predicted octanol–water partition coefficient (Wildman–Crippen LogP) is 3.51. The van der Waals surface area contributed by atoms with Gasteiger partial charge in [0.15, 0.2) is 5.82 Å². The van der Waals surface area contributed by atoms with E-state index in [1.165, 1.54) is 12.1 Å². The van der Waals surface area contributed by atoms with Crippen LogP contribution in [0.5, 0.6) is 0 Å². The molecule has 0 aliphatic heterocycles. The number of nitrogens with zero attached hydrogens (tertiary/aromatic N) is 3. The largest absolute Gasteiger partial charge is 0.378 e. The van der Waals surface area contributed by atoms with Crippen LogP contribution in [0, 0.1) is 5.82 Å². The van der Waals surface area contributed by atoms with Gasteiger partial charge in [-0.1, -0.05) is 31.2 Å². The fourth-order valence-electron chi connectivity index (χ4n) is 2.42. The summed E-state index contributed by atoms with van der Waals surface area (Å²) < 4.78 is 13.2. The van der Waals surface area contributed by atoms with Crippen LogP contribution in [-0.4, -0.2) is 15.0 Å². The number of nitrogens with one attached hydrogen (secondary N) is 2. The molecule has 25 heavy (non-hydrogen) atoms. The first kappa shape index (κ1) is 16.6. The first-order valence-corrected chi connectivity index (χ1v) is 7.99. The molecular weight excluding hydrogens is 319 g/mol. The van der Waals surface area contributed by atoms with E-state index in [1.807, 2.05) is 24.3 Å². The third-order valence-electron chi connectivity index (χ3n) is 3.62. The van der Waals surface area contributed by atoms with Crippen molar-refractivity contribution in [3.05, 3.63) is 65.7 Å². The monoisotopic (exact) mass is 338 g/mol. The number of hydrogen-bond acceptors (Lipinski definition) is 6. The van der Waals surface area contributed by atoms with Gasteiger partial charge in [0.25, 0.3) is 0 Å². The van der Waals surface area contributed by atoms with Crippen LogP contribution in [-0.2, 0) is 13.0 Å². The standard InChI is InChI=1S/C18H19FN6/c1-2-12-6-3-4-9-15(12)22-18-24-16(23-17(20)25-18)11-21-14-8-5-7-13(19)10-14/h3-10,21H,2,11H2,1H3,(H3,20,22,23,24,25). The van der Waals surface area contributed by atoms with Crippen LogP contribution in [0.3, 0.4) is 0 Å². The summed E-state index contributed by atoms with van der Waals surface area (Å²) >= 11 is 0. The number of hydrogen-bond donors (Lipinski definition) is 3. The minimum absolute atomic E-state index is 0.127. The molecule has 0 saturated carbocycles. The van der Waals surface area contributed by atoms with Gasteiger partial charge < -0.3 is 16.4 Å². The number of halogens is 1. The number of aryl methyl sites for hydroxylation is 1. The molecule has 3 rings (SSSR count). The zero-order chi connectivity index (χ0) is 17.6. The van der Waals surface area contributed by atoms with Crippen molar-refractivity contribution in [1.29, 1.82) is 0 Å². The Hall–Kier alpha value is -3.22. The number of nitrogens with two attached hydrogens (primary N) is 1. The topological polar surface area (TPSA) is 88.8 Å². The molecule has 4 N–H and O–H groups in total. The molecule has 0 bridgehead atoms. The third kappa shape index (κ3) is 4.41. The Balaban J connectivity index is 1.76. The number of rotatable bonds is 6. The van der Waals surface area contributed by atoms with Gasteiger partial charge in [-0.2, -0.15) is 15.0 Å². The Bertz CT molecular complexity index is 868. The van der Waals surface area contributed by atoms with E-state index in [2.05, 4.69) is 32.5 Å². The number of nitrogen functional groups attached to an aromatic ring is 1. The van der Waals surface area contributed by atoms with Crippen molar-refractivity contribution in [1.82, 2.24) is 15.0 Å². The van der Waals surface area contributed by atoms with Crippen molar-refractivity contribution in [2.75, 3.05) is 16.4 Å². The van der Waals surface area contributed by atoms with Crippen LogP contribution in [0.1, 0.15) is 18.3 Å². The van der Waals surface area contributed by atoms with E-state index >= 15 is 0 Å². The van der Waals surface area contributed by atoms with E-state index in [-0.39, 0.29) is 11.8 Å². The molecule has 0 spiro atoms. The average molecular weight is 338 g/mol. The van der Waals surface area contributed by atoms with E-state index in [1.54, 1.807) is 12.1 Å². The average Bonchev–Trinajstić information content (AvgIpc) is 2.60. The lowest BCUT2D eigenvalue weighted by molar-refractivity contribution is 0.628. The molecule has 0 aliphatic rings. The maximum Gasteiger partial charge on any atom is 0.232 e. The molecule has 0 unspecified atom stereocenters. The smallest absolute Gasteiger partial charge is 0.232 e. The Morgan fingerprint density at radius 1 is 1.04 bits per heavy atom. The van der Waals surface area contributed by atoms with Crippen LogP contribution in [0.4, 0.5) is 27.7 Å². The Morgan fingerprint density at radius 3 is 2.68 bits per heavy atom. The van der Waals surface area contributed by atoms with Crippen molar-refractivity contribution in [2.24, 2.45) is 0 Å². The van der Waals surface area contributed by atoms with Gasteiger partial charge in [-0.15, -0.1) is 0 Å². The molecule has 7 heteroatoms. The highest BCUT2D eigenvalue weighted by Gasteiger charge is 2.07. The second-order valence-corrected chi connectivity index (χ2v) is 5.43. The van der Waals surface area contributed by atoms with Crippen molar-refractivity contribution < 1.29 is 4.39 Å². The van der Waals surface area contributed by atoms with Gasteiger partial charge in [0.1, 0.15) is 5.82 Å². The zero-order valence-corrected chi connectivity index (χ0v) is 13.8. The highest BCUT2D eigenvalue weighted by molar-refractivity contribution is 5.58. The van der Waals surface area contributed by atoms with Gasteiger partial charge in [-0.05, 0) is 36.2 Å². The van der Waals surface area contributed by atoms with Crippen molar-refractivity contribution in [2.45, 2.75) is 19.9 Å². The second-order valence-electron chi connectivity index (χ2n) is 5.43. The van der Waals surface area contributed by atoms with E-state index < -0.39 is 0 Å². The minimum atomic E-state index is -0.307. The quantitative estimate of drug-likeness (QED) is 0.637. The Kier molecular flexibility index (Phi) is 5.03. The van der Waals surface area contributed by atoms with E-state index in [0.29, 0.717) is 24.0 Å². The van der Waals surface area contributed by atoms with Gasteiger partial charge in [0.05, 0.1) is 6.54 Å². The third-order valence-corrected chi connectivity index (χ3v) is 3.62. The van der Waals surface area contributed by atoms with Gasteiger partial charge in [-0.25, -0.2) is 4.39 Å². The second kappa shape index (κ2) is 7.57. The predicted molar refractivity (Wildman–Crippen MR) is 97.1 cm³/mol. The minimum Gasteiger partial charge on any atom is -0.378 e. The molecule has 0 radical (unpaired) electrons. The first-order chi connectivity index (χ1) is 12.1. The highest BCUT2D eigenvalue weighted by atomic mass is 19.1. The molecule has 0 fully saturated rings. The van der Waals surface area contributed by atoms with E-state index in [0.717, 1.165) is 17.7 Å². The molecule has 2 aromatic carbocycles. The van der Waals surface area contributed by atoms with Gasteiger partial charge in [-0.3, -0.25) is 0 Å². The summed E-state index contributed by atoms with van der Waals surface area (Å²) in [5.41, 5.74) is 8.51. The molecule has 128 valence electrons. The molecular formula is C18H19FN6. The summed E-state index contributed by atoms with van der Waals surface area (Å²) in [6, 6.07) is 14.1. The van der Waals surface area contributed by atoms with Crippen LogP contribution in [0.25, 0.3) is 0 Å². The number of benzene rings is 2. The van der Waals surface area contributed by atoms with Gasteiger partial charge >= 0.3 is 0 Å². The van der Waals surface area contributed by atoms with Crippen LogP contribution < -0.4 is 16.4 Å². The summed E-state index contributed by atoms with van der Waals surface area (Å²) in [5.74, 6) is 0.666. The lowest BCUT2D eigenvalue weighted by Gasteiger charge is -2.11. The SMILES string of the molecule is CCc1ccccc1Nc1nc(N)nc(CNc2cccc(F)c2)n1. The zero-order valence-electron chi connectivity index (χ0n) is 13.8. The molecule has 0 aliphatic carbocycles. The normalized spacial score (nSPS) is 10.5. The molecule has 0 atom stereocenters. The summed E-state index contributed by atoms with van der Waals surface area (Å²) in [4.78, 5) is 12.6. The van der Waals surface area contributed by atoms with Gasteiger partial charge in [0, 0.05) is 11.4 Å². The number of aromatic nitrogens is 3. The molecule has 0 saturated heterocycles. The summed E-state index contributed by atoms with van der Waals surface area (Å²) in [6.07, 6.45) is 0.887. The molecule has 1 aromatic heterocycles. The van der Waals surface area contributed by atoms with Crippen molar-refractivity contribution in [3.8, 4) is 0 Å². The summed E-state index contributed by atoms with van der Waals surface area (Å²) in [6.45, 7) is 2.39. The number of para-hydroxylation sites is 1. The summed E-state index contributed by atoms with van der Waals surface area (Å²) in [7, 11) is 0. The van der Waals surface area contributed by atoms with Crippen LogP contribution >= 0.6 is 0 Å². The lowest BCUT2D eigenvalue weighted by Crippen LogP contribution is -2.11. The highest BCUT2D eigenvalue weighted by Crippen LogP contribution is 2.19.